The fourth-order valence-electron chi connectivity index (χ4n) is 1.50. The molecular weight excluding hydrogens is 340 g/mol. The van der Waals surface area contributed by atoms with Crippen LogP contribution in [-0.4, -0.2) is 15.0 Å². The molecule has 0 spiro atoms. The molecule has 0 aliphatic rings. The molecule has 0 saturated carbocycles. The lowest BCUT2D eigenvalue weighted by Crippen LogP contribution is -2.33. The van der Waals surface area contributed by atoms with Crippen molar-refractivity contribution in [2.45, 2.75) is 39.1 Å². The van der Waals surface area contributed by atoms with Gasteiger partial charge >= 0.3 is 0 Å². The first-order chi connectivity index (χ1) is 9.08. The molecular formula is C14H23BrN2O2S. The summed E-state index contributed by atoms with van der Waals surface area (Å²) in [6, 6.07) is 5.12. The average molecular weight is 363 g/mol. The van der Waals surface area contributed by atoms with Crippen LogP contribution in [-0.2, 0) is 16.6 Å². The Balaban J connectivity index is 2.95. The van der Waals surface area contributed by atoms with Gasteiger partial charge in [0.05, 0.1) is 4.90 Å². The summed E-state index contributed by atoms with van der Waals surface area (Å²) in [5.74, 6) is 0.230. The lowest BCUT2D eigenvalue weighted by Gasteiger charge is -2.27. The molecule has 1 aromatic rings. The van der Waals surface area contributed by atoms with E-state index >= 15 is 0 Å². The van der Waals surface area contributed by atoms with Crippen LogP contribution in [0.1, 0.15) is 33.3 Å². The van der Waals surface area contributed by atoms with Gasteiger partial charge in [-0.05, 0) is 45.0 Å². The van der Waals surface area contributed by atoms with Crippen LogP contribution in [0.15, 0.2) is 27.6 Å². The van der Waals surface area contributed by atoms with Crippen LogP contribution in [0.4, 0.5) is 0 Å². The zero-order chi connectivity index (χ0) is 15.6. The highest BCUT2D eigenvalue weighted by molar-refractivity contribution is 9.10. The summed E-state index contributed by atoms with van der Waals surface area (Å²) >= 11 is 3.28. The van der Waals surface area contributed by atoms with Crippen LogP contribution in [0, 0.1) is 11.3 Å². The normalized spacial score (nSPS) is 14.3. The highest BCUT2D eigenvalue weighted by atomic mass is 79.9. The molecule has 114 valence electrons. The molecule has 0 aliphatic carbocycles. The monoisotopic (exact) mass is 362 g/mol. The van der Waals surface area contributed by atoms with Crippen molar-refractivity contribution in [2.24, 2.45) is 17.1 Å². The van der Waals surface area contributed by atoms with Crippen molar-refractivity contribution in [1.29, 1.82) is 0 Å². The molecule has 3 N–H and O–H groups in total. The summed E-state index contributed by atoms with van der Waals surface area (Å²) < 4.78 is 28.0. The van der Waals surface area contributed by atoms with Crippen LogP contribution in [0.25, 0.3) is 0 Å². The van der Waals surface area contributed by atoms with Crippen molar-refractivity contribution in [1.82, 2.24) is 4.72 Å². The van der Waals surface area contributed by atoms with Crippen LogP contribution in [0.3, 0.4) is 0 Å². The van der Waals surface area contributed by atoms with Gasteiger partial charge in [0.15, 0.2) is 0 Å². The minimum atomic E-state index is -3.53. The first-order valence-electron chi connectivity index (χ1n) is 6.56. The van der Waals surface area contributed by atoms with E-state index in [0.717, 1.165) is 5.56 Å². The summed E-state index contributed by atoms with van der Waals surface area (Å²) in [5.41, 5.74) is 6.40. The molecule has 4 nitrogen and oxygen atoms in total. The van der Waals surface area contributed by atoms with Gasteiger partial charge in [-0.3, -0.25) is 0 Å². The second kappa shape index (κ2) is 6.56. The summed E-state index contributed by atoms with van der Waals surface area (Å²) in [5, 5.41) is 0. The molecule has 1 aromatic carbocycles. The Morgan fingerprint density at radius 1 is 1.35 bits per heavy atom. The van der Waals surface area contributed by atoms with Gasteiger partial charge in [0.2, 0.25) is 10.0 Å². The number of hydrogen-bond donors (Lipinski definition) is 2. The summed E-state index contributed by atoms with van der Waals surface area (Å²) in [4.78, 5) is 0.238. The number of benzene rings is 1. The van der Waals surface area contributed by atoms with Crippen LogP contribution < -0.4 is 10.5 Å². The number of sulfonamides is 1. The highest BCUT2D eigenvalue weighted by Crippen LogP contribution is 2.26. The Kier molecular flexibility index (Phi) is 5.78. The van der Waals surface area contributed by atoms with E-state index < -0.39 is 10.0 Å². The lowest BCUT2D eigenvalue weighted by molar-refractivity contribution is 0.263. The van der Waals surface area contributed by atoms with Gasteiger partial charge in [-0.25, -0.2) is 13.1 Å². The molecule has 0 radical (unpaired) electrons. The Bertz CT molecular complexity index is 565. The van der Waals surface area contributed by atoms with Gasteiger partial charge in [-0.1, -0.05) is 33.8 Å². The number of hydrogen-bond acceptors (Lipinski definition) is 3. The van der Waals surface area contributed by atoms with Gasteiger partial charge in [0, 0.05) is 17.6 Å². The molecule has 1 atom stereocenters. The van der Waals surface area contributed by atoms with E-state index in [0.29, 0.717) is 17.6 Å². The lowest BCUT2D eigenvalue weighted by atomic mass is 9.82. The Morgan fingerprint density at radius 2 is 1.95 bits per heavy atom. The quantitative estimate of drug-likeness (QED) is 0.845. The van der Waals surface area contributed by atoms with Crippen LogP contribution >= 0.6 is 15.9 Å². The topological polar surface area (TPSA) is 72.2 Å². The molecule has 20 heavy (non-hydrogen) atoms. The van der Waals surface area contributed by atoms with E-state index in [1.165, 1.54) is 0 Å². The maximum Gasteiger partial charge on any atom is 0.241 e. The number of rotatable bonds is 5. The fraction of sp³-hybridized carbons (Fsp3) is 0.571. The Hall–Kier alpha value is -0.430. The molecule has 1 rings (SSSR count). The Morgan fingerprint density at radius 3 is 2.45 bits per heavy atom. The van der Waals surface area contributed by atoms with Crippen molar-refractivity contribution in [2.75, 3.05) is 6.54 Å². The summed E-state index contributed by atoms with van der Waals surface area (Å²) in [7, 11) is -3.53. The molecule has 0 aromatic heterocycles. The molecule has 0 aliphatic heterocycles. The molecule has 0 saturated heterocycles. The first-order valence-corrected chi connectivity index (χ1v) is 8.83. The van der Waals surface area contributed by atoms with Gasteiger partial charge in [-0.2, -0.15) is 0 Å². The third kappa shape index (κ3) is 4.55. The molecule has 0 heterocycles. The largest absolute Gasteiger partial charge is 0.326 e. The first kappa shape index (κ1) is 17.6. The fourth-order valence-corrected chi connectivity index (χ4v) is 3.64. The molecule has 1 unspecified atom stereocenters. The smallest absolute Gasteiger partial charge is 0.241 e. The van der Waals surface area contributed by atoms with Crippen molar-refractivity contribution in [3.8, 4) is 0 Å². The summed E-state index contributed by atoms with van der Waals surface area (Å²) in [6.45, 7) is 9.04. The van der Waals surface area contributed by atoms with Crippen LogP contribution in [0.2, 0.25) is 0 Å². The van der Waals surface area contributed by atoms with Gasteiger partial charge in [-0.15, -0.1) is 0 Å². The van der Waals surface area contributed by atoms with Crippen molar-refractivity contribution in [3.63, 3.8) is 0 Å². The molecule has 6 heteroatoms. The second-order valence-corrected chi connectivity index (χ2v) is 8.68. The van der Waals surface area contributed by atoms with E-state index in [1.54, 1.807) is 18.2 Å². The van der Waals surface area contributed by atoms with E-state index in [-0.39, 0.29) is 16.2 Å². The minimum absolute atomic E-state index is 0.0544. The van der Waals surface area contributed by atoms with Crippen molar-refractivity contribution in [3.05, 3.63) is 28.2 Å². The third-order valence-corrected chi connectivity index (χ3v) is 6.00. The predicted molar refractivity (Wildman–Crippen MR) is 85.8 cm³/mol. The van der Waals surface area contributed by atoms with E-state index in [2.05, 4.69) is 41.4 Å². The molecule has 0 amide bonds. The number of nitrogens with one attached hydrogen (secondary N) is 1. The standard InChI is InChI=1S/C14H23BrN2O2S/c1-10(14(2,3)4)9-17-20(18,19)13-7-11(8-16)5-6-12(13)15/h5-7,10,17H,8-9,16H2,1-4H3. The highest BCUT2D eigenvalue weighted by Gasteiger charge is 2.24. The van der Waals surface area contributed by atoms with E-state index in [9.17, 15) is 8.42 Å². The van der Waals surface area contributed by atoms with Crippen LogP contribution in [0.5, 0.6) is 0 Å². The number of nitrogens with two attached hydrogens (primary N) is 1. The van der Waals surface area contributed by atoms with Crippen molar-refractivity contribution < 1.29 is 8.42 Å². The average Bonchev–Trinajstić information content (AvgIpc) is 2.35. The maximum absolute atomic E-state index is 12.4. The van der Waals surface area contributed by atoms with Crippen molar-refractivity contribution >= 4 is 26.0 Å². The maximum atomic E-state index is 12.4. The number of halogens is 1. The SMILES string of the molecule is CC(CNS(=O)(=O)c1cc(CN)ccc1Br)C(C)(C)C. The minimum Gasteiger partial charge on any atom is -0.326 e. The molecule has 0 bridgehead atoms. The third-order valence-electron chi connectivity index (χ3n) is 3.58. The molecule has 0 fully saturated rings. The van der Waals surface area contributed by atoms with Gasteiger partial charge in [0.25, 0.3) is 0 Å². The van der Waals surface area contributed by atoms with Gasteiger partial charge in [0.1, 0.15) is 0 Å². The second-order valence-electron chi connectivity index (χ2n) is 6.09. The van der Waals surface area contributed by atoms with Gasteiger partial charge < -0.3 is 5.73 Å². The predicted octanol–water partition coefficient (Wildman–Crippen LogP) is 2.87. The van der Waals surface area contributed by atoms with E-state index in [4.69, 9.17) is 5.73 Å². The Labute approximate surface area is 130 Å². The zero-order valence-electron chi connectivity index (χ0n) is 12.4. The van der Waals surface area contributed by atoms with E-state index in [1.807, 2.05) is 6.92 Å². The zero-order valence-corrected chi connectivity index (χ0v) is 14.8. The summed E-state index contributed by atoms with van der Waals surface area (Å²) in [6.07, 6.45) is 0.